The first-order chi connectivity index (χ1) is 14.8. The molecule has 0 saturated carbocycles. The molecule has 0 radical (unpaired) electrons. The Kier molecular flexibility index (Phi) is 5.93. The maximum absolute atomic E-state index is 12.8. The third-order valence-corrected chi connectivity index (χ3v) is 7.48. The number of carbonyl (C=O) groups excluding carboxylic acids is 1. The second-order valence-electron chi connectivity index (χ2n) is 7.88. The van der Waals surface area contributed by atoms with Gasteiger partial charge in [-0.3, -0.25) is 4.79 Å². The minimum Gasteiger partial charge on any atom is -0.348 e. The number of para-hydroxylation sites is 1. The molecule has 162 valence electrons. The maximum atomic E-state index is 12.8. The molecule has 1 fully saturated rings. The van der Waals surface area contributed by atoms with Crippen molar-refractivity contribution in [3.63, 3.8) is 0 Å². The summed E-state index contributed by atoms with van der Waals surface area (Å²) in [5.74, 6) is -0.238. The third kappa shape index (κ3) is 4.55. The quantitative estimate of drug-likeness (QED) is 0.664. The second-order valence-corrected chi connectivity index (χ2v) is 9.82. The Morgan fingerprint density at radius 2 is 1.65 bits per heavy atom. The smallest absolute Gasteiger partial charge is 0.272 e. The van der Waals surface area contributed by atoms with Gasteiger partial charge in [0, 0.05) is 24.8 Å². The van der Waals surface area contributed by atoms with E-state index in [2.05, 4.69) is 10.4 Å². The van der Waals surface area contributed by atoms with Crippen molar-refractivity contribution in [1.29, 1.82) is 0 Å². The topological polar surface area (TPSA) is 84.3 Å². The number of aromatic nitrogens is 2. The van der Waals surface area contributed by atoms with Crippen LogP contribution in [-0.2, 0) is 10.0 Å². The molecular weight excluding hydrogens is 412 g/mol. The first kappa shape index (κ1) is 21.3. The van der Waals surface area contributed by atoms with E-state index in [-0.39, 0.29) is 11.9 Å². The molecule has 2 heterocycles. The number of amides is 1. The monoisotopic (exact) mass is 438 g/mol. The van der Waals surface area contributed by atoms with Crippen LogP contribution in [0.3, 0.4) is 0 Å². The predicted octanol–water partition coefficient (Wildman–Crippen LogP) is 3.07. The number of sulfonamides is 1. The summed E-state index contributed by atoms with van der Waals surface area (Å²) in [5, 5.41) is 7.45. The fraction of sp³-hybridized carbons (Fsp3) is 0.304. The van der Waals surface area contributed by atoms with Crippen LogP contribution in [0.4, 0.5) is 0 Å². The van der Waals surface area contributed by atoms with Crippen molar-refractivity contribution in [2.24, 2.45) is 0 Å². The van der Waals surface area contributed by atoms with Gasteiger partial charge in [0.2, 0.25) is 10.0 Å². The molecule has 0 spiro atoms. The van der Waals surface area contributed by atoms with Crippen molar-refractivity contribution in [3.8, 4) is 5.69 Å². The van der Waals surface area contributed by atoms with Crippen LogP contribution in [0.2, 0.25) is 0 Å². The second kappa shape index (κ2) is 8.64. The van der Waals surface area contributed by atoms with E-state index in [0.717, 1.165) is 16.9 Å². The van der Waals surface area contributed by atoms with Gasteiger partial charge in [0.15, 0.2) is 5.69 Å². The maximum Gasteiger partial charge on any atom is 0.272 e. The minimum atomic E-state index is -3.51. The first-order valence-electron chi connectivity index (χ1n) is 10.3. The normalized spacial score (nSPS) is 15.7. The molecule has 1 amide bonds. The highest BCUT2D eigenvalue weighted by Gasteiger charge is 2.30. The Bertz CT molecular complexity index is 1160. The van der Waals surface area contributed by atoms with Crippen LogP contribution in [-0.4, -0.2) is 47.5 Å². The van der Waals surface area contributed by atoms with E-state index in [1.54, 1.807) is 35.0 Å². The van der Waals surface area contributed by atoms with Crippen LogP contribution < -0.4 is 5.32 Å². The summed E-state index contributed by atoms with van der Waals surface area (Å²) in [5.41, 5.74) is 3.14. The number of benzene rings is 2. The molecule has 0 bridgehead atoms. The average molecular weight is 439 g/mol. The molecule has 0 atom stereocenters. The van der Waals surface area contributed by atoms with Gasteiger partial charge in [-0.1, -0.05) is 35.9 Å². The molecule has 7 nitrogen and oxygen atoms in total. The van der Waals surface area contributed by atoms with Gasteiger partial charge < -0.3 is 5.32 Å². The van der Waals surface area contributed by atoms with Gasteiger partial charge >= 0.3 is 0 Å². The van der Waals surface area contributed by atoms with Crippen molar-refractivity contribution in [3.05, 3.63) is 77.6 Å². The fourth-order valence-electron chi connectivity index (χ4n) is 3.78. The summed E-state index contributed by atoms with van der Waals surface area (Å²) in [4.78, 5) is 13.0. The van der Waals surface area contributed by atoms with Crippen LogP contribution in [0.5, 0.6) is 0 Å². The molecule has 1 aliphatic heterocycles. The number of piperidine rings is 1. The largest absolute Gasteiger partial charge is 0.348 e. The molecule has 8 heteroatoms. The van der Waals surface area contributed by atoms with Crippen molar-refractivity contribution in [2.75, 3.05) is 13.1 Å². The number of aryl methyl sites for hydroxylation is 2. The van der Waals surface area contributed by atoms with Crippen molar-refractivity contribution in [1.82, 2.24) is 19.4 Å². The summed E-state index contributed by atoms with van der Waals surface area (Å²) in [6.45, 7) is 4.58. The van der Waals surface area contributed by atoms with Crippen LogP contribution in [0.1, 0.15) is 34.6 Å². The molecule has 0 unspecified atom stereocenters. The lowest BCUT2D eigenvalue weighted by atomic mass is 10.1. The van der Waals surface area contributed by atoms with Gasteiger partial charge in [-0.05, 0) is 57.0 Å². The van der Waals surface area contributed by atoms with Crippen molar-refractivity contribution >= 4 is 15.9 Å². The molecule has 1 aliphatic rings. The fourth-order valence-corrected chi connectivity index (χ4v) is 5.24. The molecule has 1 N–H and O–H groups in total. The highest BCUT2D eigenvalue weighted by molar-refractivity contribution is 7.89. The Labute approximate surface area is 182 Å². The number of carbonyl (C=O) groups is 1. The molecule has 2 aromatic carbocycles. The molecule has 4 rings (SSSR count). The number of rotatable bonds is 5. The van der Waals surface area contributed by atoms with E-state index < -0.39 is 10.0 Å². The number of nitrogens with one attached hydrogen (secondary N) is 1. The van der Waals surface area contributed by atoms with Crippen molar-refractivity contribution in [2.45, 2.75) is 37.6 Å². The zero-order valence-electron chi connectivity index (χ0n) is 17.7. The highest BCUT2D eigenvalue weighted by atomic mass is 32.2. The molecule has 1 aromatic heterocycles. The Morgan fingerprint density at radius 3 is 2.29 bits per heavy atom. The molecule has 1 saturated heterocycles. The lowest BCUT2D eigenvalue weighted by Gasteiger charge is -2.31. The van der Waals surface area contributed by atoms with Crippen LogP contribution in [0.25, 0.3) is 5.69 Å². The van der Waals surface area contributed by atoms with Gasteiger partial charge in [0.25, 0.3) is 5.91 Å². The van der Waals surface area contributed by atoms with Crippen LogP contribution in [0.15, 0.2) is 65.6 Å². The highest BCUT2D eigenvalue weighted by Crippen LogP contribution is 2.21. The first-order valence-corrected chi connectivity index (χ1v) is 11.8. The SMILES string of the molecule is Cc1ccc(S(=O)(=O)N2CCC(NC(=O)c3cc(C)n(-c4ccccc4)n3)CC2)cc1. The van der Waals surface area contributed by atoms with E-state index in [1.807, 2.05) is 44.2 Å². The number of nitrogens with zero attached hydrogens (tertiary/aromatic N) is 3. The summed E-state index contributed by atoms with van der Waals surface area (Å²) >= 11 is 0. The van der Waals surface area contributed by atoms with E-state index in [0.29, 0.717) is 36.5 Å². The zero-order valence-corrected chi connectivity index (χ0v) is 18.5. The summed E-state index contributed by atoms with van der Waals surface area (Å²) < 4.78 is 28.9. The van der Waals surface area contributed by atoms with Gasteiger partial charge in [0.1, 0.15) is 0 Å². The summed E-state index contributed by atoms with van der Waals surface area (Å²) in [7, 11) is -3.51. The molecule has 31 heavy (non-hydrogen) atoms. The minimum absolute atomic E-state index is 0.0841. The van der Waals surface area contributed by atoms with Gasteiger partial charge in [-0.25, -0.2) is 13.1 Å². The standard InChI is InChI=1S/C23H26N4O3S/c1-17-8-10-21(11-9-17)31(29,30)26-14-12-19(13-15-26)24-23(28)22-16-18(2)27(25-22)20-6-4-3-5-7-20/h3-11,16,19H,12-15H2,1-2H3,(H,24,28). The van der Waals surface area contributed by atoms with Crippen LogP contribution in [0, 0.1) is 13.8 Å². The third-order valence-electron chi connectivity index (χ3n) is 5.57. The predicted molar refractivity (Wildman–Crippen MR) is 119 cm³/mol. The number of hydrogen-bond acceptors (Lipinski definition) is 4. The summed E-state index contributed by atoms with van der Waals surface area (Å²) in [6, 6.07) is 18.2. The summed E-state index contributed by atoms with van der Waals surface area (Å²) in [6.07, 6.45) is 1.13. The van der Waals surface area contributed by atoms with Crippen molar-refractivity contribution < 1.29 is 13.2 Å². The van der Waals surface area contributed by atoms with Gasteiger partial charge in [0.05, 0.1) is 10.6 Å². The molecule has 0 aliphatic carbocycles. The van der Waals surface area contributed by atoms with E-state index in [1.165, 1.54) is 4.31 Å². The lowest BCUT2D eigenvalue weighted by Crippen LogP contribution is -2.46. The Balaban J connectivity index is 1.38. The lowest BCUT2D eigenvalue weighted by molar-refractivity contribution is 0.0918. The van der Waals surface area contributed by atoms with E-state index in [9.17, 15) is 13.2 Å². The number of hydrogen-bond donors (Lipinski definition) is 1. The van der Waals surface area contributed by atoms with E-state index in [4.69, 9.17) is 0 Å². The van der Waals surface area contributed by atoms with Crippen LogP contribution >= 0.6 is 0 Å². The zero-order chi connectivity index (χ0) is 22.0. The Morgan fingerprint density at radius 1 is 1.00 bits per heavy atom. The molecular formula is C23H26N4O3S. The van der Waals surface area contributed by atoms with Gasteiger partial charge in [-0.2, -0.15) is 9.40 Å². The van der Waals surface area contributed by atoms with Gasteiger partial charge in [-0.15, -0.1) is 0 Å². The Hall–Kier alpha value is -2.97. The molecule has 3 aromatic rings. The van der Waals surface area contributed by atoms with E-state index >= 15 is 0 Å². The average Bonchev–Trinajstić information content (AvgIpc) is 3.17.